The predicted molar refractivity (Wildman–Crippen MR) is 115 cm³/mol. The molecule has 0 aliphatic heterocycles. The van der Waals surface area contributed by atoms with Gasteiger partial charge < -0.3 is 14.8 Å². The minimum Gasteiger partial charge on any atom is -0.345 e. The maximum atomic E-state index is 13.5. The minimum atomic E-state index is -0.253. The van der Waals surface area contributed by atoms with Crippen molar-refractivity contribution in [2.45, 2.75) is 26.9 Å². The molecule has 1 heterocycles. The molecule has 0 unspecified atom stereocenters. The van der Waals surface area contributed by atoms with Crippen molar-refractivity contribution in [3.05, 3.63) is 102 Å². The first kappa shape index (κ1) is 20.4. The number of hydrogen-bond donors (Lipinski definition) is 1. The molecule has 0 bridgehead atoms. The van der Waals surface area contributed by atoms with Gasteiger partial charge in [0, 0.05) is 30.7 Å². The molecule has 3 aromatic rings. The molecular formula is C24H26FN3O. The summed E-state index contributed by atoms with van der Waals surface area (Å²) in [7, 11) is 0. The van der Waals surface area contributed by atoms with Crippen LogP contribution in [0.15, 0.2) is 73.4 Å². The first-order valence-electron chi connectivity index (χ1n) is 9.59. The summed E-state index contributed by atoms with van der Waals surface area (Å²) in [6, 6.07) is 16.1. The third kappa shape index (κ3) is 5.35. The normalized spacial score (nSPS) is 10.6. The summed E-state index contributed by atoms with van der Waals surface area (Å²) < 4.78 is 15.5. The highest BCUT2D eigenvalue weighted by Gasteiger charge is 2.15. The van der Waals surface area contributed by atoms with E-state index in [0.29, 0.717) is 19.6 Å². The molecular weight excluding hydrogens is 365 g/mol. The van der Waals surface area contributed by atoms with Crippen molar-refractivity contribution in [3.8, 4) is 0 Å². The van der Waals surface area contributed by atoms with Crippen LogP contribution in [0.4, 0.5) is 14.9 Å². The van der Waals surface area contributed by atoms with Crippen molar-refractivity contribution in [2.24, 2.45) is 0 Å². The van der Waals surface area contributed by atoms with Crippen LogP contribution in [0.25, 0.3) is 0 Å². The number of aryl methyl sites for hydroxylation is 2. The van der Waals surface area contributed by atoms with Crippen LogP contribution in [-0.2, 0) is 13.1 Å². The van der Waals surface area contributed by atoms with Gasteiger partial charge in [-0.2, -0.15) is 0 Å². The lowest BCUT2D eigenvalue weighted by atomic mass is 10.1. The summed E-state index contributed by atoms with van der Waals surface area (Å²) in [6.07, 6.45) is 3.65. The summed E-state index contributed by atoms with van der Waals surface area (Å²) in [5.74, 6) is -0.253. The van der Waals surface area contributed by atoms with Crippen LogP contribution in [0.3, 0.4) is 0 Å². The molecule has 0 fully saturated rings. The number of halogens is 1. The third-order valence-electron chi connectivity index (χ3n) is 4.91. The molecule has 0 atom stereocenters. The van der Waals surface area contributed by atoms with Crippen LogP contribution in [0.5, 0.6) is 0 Å². The third-order valence-corrected chi connectivity index (χ3v) is 4.91. The second-order valence-corrected chi connectivity index (χ2v) is 7.16. The fourth-order valence-corrected chi connectivity index (χ4v) is 3.17. The first-order valence-corrected chi connectivity index (χ1v) is 9.59. The van der Waals surface area contributed by atoms with Crippen molar-refractivity contribution in [2.75, 3.05) is 11.9 Å². The summed E-state index contributed by atoms with van der Waals surface area (Å²) in [5.41, 5.74) is 4.91. The fourth-order valence-electron chi connectivity index (χ4n) is 3.17. The highest BCUT2D eigenvalue weighted by molar-refractivity contribution is 5.89. The van der Waals surface area contributed by atoms with E-state index in [0.717, 1.165) is 22.5 Å². The van der Waals surface area contributed by atoms with Crippen molar-refractivity contribution < 1.29 is 9.18 Å². The Labute approximate surface area is 171 Å². The van der Waals surface area contributed by atoms with E-state index in [1.165, 1.54) is 17.7 Å². The van der Waals surface area contributed by atoms with Crippen molar-refractivity contribution in [1.29, 1.82) is 0 Å². The number of anilines is 1. The standard InChI is InChI=1S/C24H26FN3O/c1-4-12-28(24(29)26-22-11-10-18(2)19(3)14-22)17-23-9-6-13-27(23)16-20-7-5-8-21(25)15-20/h4-11,13-15H,1,12,16-17H2,2-3H3,(H,26,29). The highest BCUT2D eigenvalue weighted by atomic mass is 19.1. The average Bonchev–Trinajstić information content (AvgIpc) is 3.11. The fraction of sp³-hybridized carbons (Fsp3) is 0.208. The zero-order chi connectivity index (χ0) is 20.8. The van der Waals surface area contributed by atoms with E-state index in [1.54, 1.807) is 17.0 Å². The second kappa shape index (κ2) is 9.24. The number of amides is 2. The minimum absolute atomic E-state index is 0.188. The summed E-state index contributed by atoms with van der Waals surface area (Å²) in [6.45, 7) is 9.22. The number of carbonyl (C=O) groups is 1. The van der Waals surface area contributed by atoms with Gasteiger partial charge in [0.05, 0.1) is 6.54 Å². The molecule has 4 nitrogen and oxygen atoms in total. The highest BCUT2D eigenvalue weighted by Crippen LogP contribution is 2.16. The smallest absolute Gasteiger partial charge is 0.322 e. The lowest BCUT2D eigenvalue weighted by Crippen LogP contribution is -2.35. The molecule has 0 saturated carbocycles. The molecule has 2 amide bonds. The molecule has 5 heteroatoms. The van der Waals surface area contributed by atoms with Crippen LogP contribution in [0, 0.1) is 19.7 Å². The Kier molecular flexibility index (Phi) is 6.50. The molecule has 0 saturated heterocycles. The van der Waals surface area contributed by atoms with Gasteiger partial charge in [-0.05, 0) is 66.9 Å². The van der Waals surface area contributed by atoms with Gasteiger partial charge in [0.2, 0.25) is 0 Å². The zero-order valence-electron chi connectivity index (χ0n) is 16.9. The topological polar surface area (TPSA) is 37.3 Å². The second-order valence-electron chi connectivity index (χ2n) is 7.16. The Morgan fingerprint density at radius 3 is 2.69 bits per heavy atom. The lowest BCUT2D eigenvalue weighted by Gasteiger charge is -2.23. The van der Waals surface area contributed by atoms with Crippen LogP contribution in [0.2, 0.25) is 0 Å². The van der Waals surface area contributed by atoms with E-state index in [-0.39, 0.29) is 11.8 Å². The SMILES string of the molecule is C=CCN(Cc1cccn1Cc1cccc(F)c1)C(=O)Nc1ccc(C)c(C)c1. The maximum Gasteiger partial charge on any atom is 0.322 e. The van der Waals surface area contributed by atoms with Gasteiger partial charge >= 0.3 is 6.03 Å². The number of benzene rings is 2. The van der Waals surface area contributed by atoms with E-state index >= 15 is 0 Å². The van der Waals surface area contributed by atoms with Crippen LogP contribution in [-0.4, -0.2) is 22.0 Å². The van der Waals surface area contributed by atoms with E-state index in [9.17, 15) is 9.18 Å². The van der Waals surface area contributed by atoms with Gasteiger partial charge in [-0.15, -0.1) is 6.58 Å². The quantitative estimate of drug-likeness (QED) is 0.530. The van der Waals surface area contributed by atoms with Crippen LogP contribution >= 0.6 is 0 Å². The number of rotatable bonds is 7. The number of aromatic nitrogens is 1. The predicted octanol–water partition coefficient (Wildman–Crippen LogP) is 5.51. The molecule has 2 aromatic carbocycles. The molecule has 29 heavy (non-hydrogen) atoms. The van der Waals surface area contributed by atoms with E-state index in [1.807, 2.05) is 61.0 Å². The van der Waals surface area contributed by atoms with E-state index in [4.69, 9.17) is 0 Å². The number of nitrogens with zero attached hydrogens (tertiary/aromatic N) is 2. The average molecular weight is 391 g/mol. The lowest BCUT2D eigenvalue weighted by molar-refractivity contribution is 0.214. The van der Waals surface area contributed by atoms with E-state index < -0.39 is 0 Å². The van der Waals surface area contributed by atoms with Gasteiger partial charge in [0.15, 0.2) is 0 Å². The molecule has 0 aliphatic rings. The van der Waals surface area contributed by atoms with Crippen molar-refractivity contribution in [3.63, 3.8) is 0 Å². The summed E-state index contributed by atoms with van der Waals surface area (Å²) >= 11 is 0. The van der Waals surface area contributed by atoms with Gasteiger partial charge in [-0.3, -0.25) is 0 Å². The van der Waals surface area contributed by atoms with Gasteiger partial charge in [-0.1, -0.05) is 24.3 Å². The van der Waals surface area contributed by atoms with E-state index in [2.05, 4.69) is 11.9 Å². The van der Waals surface area contributed by atoms with Crippen LogP contribution in [0.1, 0.15) is 22.4 Å². The Morgan fingerprint density at radius 1 is 1.14 bits per heavy atom. The zero-order valence-corrected chi connectivity index (χ0v) is 16.9. The molecule has 1 aromatic heterocycles. The van der Waals surface area contributed by atoms with Gasteiger partial charge in [-0.25, -0.2) is 9.18 Å². The Hall–Kier alpha value is -3.34. The molecule has 0 spiro atoms. The maximum absolute atomic E-state index is 13.5. The largest absolute Gasteiger partial charge is 0.345 e. The Bertz CT molecular complexity index is 1010. The number of nitrogens with one attached hydrogen (secondary N) is 1. The first-order chi connectivity index (χ1) is 14.0. The van der Waals surface area contributed by atoms with Gasteiger partial charge in [0.25, 0.3) is 0 Å². The molecule has 1 N–H and O–H groups in total. The van der Waals surface area contributed by atoms with Gasteiger partial charge in [0.1, 0.15) is 5.82 Å². The van der Waals surface area contributed by atoms with Crippen molar-refractivity contribution in [1.82, 2.24) is 9.47 Å². The monoisotopic (exact) mass is 391 g/mol. The Balaban J connectivity index is 1.73. The molecule has 150 valence electrons. The summed E-state index contributed by atoms with van der Waals surface area (Å²) in [5, 5.41) is 2.96. The molecule has 0 radical (unpaired) electrons. The Morgan fingerprint density at radius 2 is 1.97 bits per heavy atom. The van der Waals surface area contributed by atoms with Crippen LogP contribution < -0.4 is 5.32 Å². The number of urea groups is 1. The summed E-state index contributed by atoms with van der Waals surface area (Å²) in [4.78, 5) is 14.5. The molecule has 3 rings (SSSR count). The number of hydrogen-bond acceptors (Lipinski definition) is 1. The molecule has 0 aliphatic carbocycles. The number of carbonyl (C=O) groups excluding carboxylic acids is 1. The van der Waals surface area contributed by atoms with Crippen molar-refractivity contribution >= 4 is 11.7 Å².